The highest BCUT2D eigenvalue weighted by Crippen LogP contribution is 2.19. The standard InChI is InChI=1S/C19H15NO4S/c21-19(18-10-3-4-11-20-18)17-9-2-1-7-15(17)12-14-6-5-8-16(13-14)25(22,23)24/h1-11,13H,12H2,(H,22,23,24). The Morgan fingerprint density at radius 3 is 2.44 bits per heavy atom. The first-order valence-electron chi connectivity index (χ1n) is 7.55. The van der Waals surface area contributed by atoms with Crippen LogP contribution in [0.3, 0.4) is 0 Å². The fourth-order valence-electron chi connectivity index (χ4n) is 2.57. The molecule has 6 heteroatoms. The minimum Gasteiger partial charge on any atom is -0.287 e. The van der Waals surface area contributed by atoms with Gasteiger partial charge in [-0.1, -0.05) is 42.5 Å². The summed E-state index contributed by atoms with van der Waals surface area (Å²) in [6.07, 6.45) is 1.92. The lowest BCUT2D eigenvalue weighted by molar-refractivity contribution is 0.103. The van der Waals surface area contributed by atoms with E-state index < -0.39 is 10.1 Å². The third-order valence-electron chi connectivity index (χ3n) is 3.75. The Morgan fingerprint density at radius 2 is 1.72 bits per heavy atom. The summed E-state index contributed by atoms with van der Waals surface area (Å²) in [6, 6.07) is 18.3. The highest BCUT2D eigenvalue weighted by Gasteiger charge is 2.15. The van der Waals surface area contributed by atoms with Gasteiger partial charge < -0.3 is 0 Å². The molecule has 0 saturated carbocycles. The van der Waals surface area contributed by atoms with Crippen LogP contribution in [-0.4, -0.2) is 23.7 Å². The number of hydrogen-bond acceptors (Lipinski definition) is 4. The molecule has 0 bridgehead atoms. The van der Waals surface area contributed by atoms with Crippen LogP contribution < -0.4 is 0 Å². The quantitative estimate of drug-likeness (QED) is 0.563. The Labute approximate surface area is 145 Å². The summed E-state index contributed by atoms with van der Waals surface area (Å²) in [4.78, 5) is 16.6. The molecule has 0 saturated heterocycles. The van der Waals surface area contributed by atoms with E-state index in [2.05, 4.69) is 4.98 Å². The Bertz CT molecular complexity index is 1010. The van der Waals surface area contributed by atoms with Crippen LogP contribution in [0.25, 0.3) is 0 Å². The van der Waals surface area contributed by atoms with Gasteiger partial charge in [0.15, 0.2) is 0 Å². The first-order chi connectivity index (χ1) is 11.9. The van der Waals surface area contributed by atoms with E-state index in [0.717, 1.165) is 5.56 Å². The second kappa shape index (κ2) is 6.96. The number of carbonyl (C=O) groups is 1. The van der Waals surface area contributed by atoms with Crippen LogP contribution in [0.2, 0.25) is 0 Å². The van der Waals surface area contributed by atoms with Gasteiger partial charge in [-0.3, -0.25) is 14.3 Å². The van der Waals surface area contributed by atoms with Crippen molar-refractivity contribution in [1.82, 2.24) is 4.98 Å². The second-order valence-corrected chi connectivity index (χ2v) is 6.92. The van der Waals surface area contributed by atoms with Crippen LogP contribution in [0, 0.1) is 0 Å². The lowest BCUT2D eigenvalue weighted by Gasteiger charge is -2.09. The summed E-state index contributed by atoms with van der Waals surface area (Å²) in [5, 5.41) is 0. The van der Waals surface area contributed by atoms with Crippen LogP contribution in [0.4, 0.5) is 0 Å². The van der Waals surface area contributed by atoms with Gasteiger partial charge in [0.25, 0.3) is 10.1 Å². The van der Waals surface area contributed by atoms with Crippen molar-refractivity contribution in [3.63, 3.8) is 0 Å². The predicted octanol–water partition coefficient (Wildman–Crippen LogP) is 3.15. The molecular formula is C19H15NO4S. The smallest absolute Gasteiger partial charge is 0.287 e. The number of ketones is 1. The van der Waals surface area contributed by atoms with E-state index in [0.29, 0.717) is 23.2 Å². The molecule has 25 heavy (non-hydrogen) atoms. The SMILES string of the molecule is O=C(c1ccccn1)c1ccccc1Cc1cccc(S(=O)(=O)O)c1. The van der Waals surface area contributed by atoms with Gasteiger partial charge in [-0.2, -0.15) is 8.42 Å². The zero-order valence-electron chi connectivity index (χ0n) is 13.2. The van der Waals surface area contributed by atoms with Gasteiger partial charge in [-0.15, -0.1) is 0 Å². The number of nitrogens with zero attached hydrogens (tertiary/aromatic N) is 1. The molecule has 0 amide bonds. The third kappa shape index (κ3) is 3.99. The van der Waals surface area contributed by atoms with Crippen molar-refractivity contribution in [2.75, 3.05) is 0 Å². The average Bonchev–Trinajstić information content (AvgIpc) is 2.62. The minimum atomic E-state index is -4.26. The molecule has 0 fully saturated rings. The molecule has 0 aliphatic rings. The molecule has 126 valence electrons. The van der Waals surface area contributed by atoms with E-state index in [1.165, 1.54) is 12.1 Å². The molecule has 0 unspecified atom stereocenters. The topological polar surface area (TPSA) is 84.3 Å². The van der Waals surface area contributed by atoms with Crippen LogP contribution in [0.15, 0.2) is 77.8 Å². The number of pyridine rings is 1. The van der Waals surface area contributed by atoms with Gasteiger partial charge in [0, 0.05) is 11.8 Å². The van der Waals surface area contributed by atoms with Gasteiger partial charge in [0.2, 0.25) is 5.78 Å². The average molecular weight is 353 g/mol. The van der Waals surface area contributed by atoms with E-state index in [1.807, 2.05) is 12.1 Å². The van der Waals surface area contributed by atoms with Gasteiger partial charge in [-0.25, -0.2) is 0 Å². The van der Waals surface area contributed by atoms with Gasteiger partial charge in [0.1, 0.15) is 5.69 Å². The minimum absolute atomic E-state index is 0.168. The zero-order chi connectivity index (χ0) is 17.9. The molecule has 1 aromatic heterocycles. The molecule has 5 nitrogen and oxygen atoms in total. The van der Waals surface area contributed by atoms with Crippen molar-refractivity contribution < 1.29 is 17.8 Å². The molecular weight excluding hydrogens is 338 g/mol. The molecule has 3 rings (SSSR count). The fraction of sp³-hybridized carbons (Fsp3) is 0.0526. The number of carbonyl (C=O) groups excluding carboxylic acids is 1. The van der Waals surface area contributed by atoms with E-state index in [1.54, 1.807) is 48.7 Å². The maximum atomic E-state index is 12.7. The Kier molecular flexibility index (Phi) is 4.74. The maximum absolute atomic E-state index is 12.7. The number of benzene rings is 2. The van der Waals surface area contributed by atoms with Crippen molar-refractivity contribution in [2.24, 2.45) is 0 Å². The zero-order valence-corrected chi connectivity index (χ0v) is 14.0. The Balaban J connectivity index is 1.96. The molecule has 1 N–H and O–H groups in total. The van der Waals surface area contributed by atoms with Crippen LogP contribution in [0.5, 0.6) is 0 Å². The number of aromatic nitrogens is 1. The number of rotatable bonds is 5. The van der Waals surface area contributed by atoms with E-state index in [4.69, 9.17) is 0 Å². The number of hydrogen-bond donors (Lipinski definition) is 1. The highest BCUT2D eigenvalue weighted by atomic mass is 32.2. The van der Waals surface area contributed by atoms with Gasteiger partial charge >= 0.3 is 0 Å². The van der Waals surface area contributed by atoms with Crippen molar-refractivity contribution in [3.8, 4) is 0 Å². The molecule has 0 aliphatic carbocycles. The highest BCUT2D eigenvalue weighted by molar-refractivity contribution is 7.85. The van der Waals surface area contributed by atoms with E-state index in [-0.39, 0.29) is 10.7 Å². The largest absolute Gasteiger partial charge is 0.294 e. The van der Waals surface area contributed by atoms with Crippen molar-refractivity contribution in [1.29, 1.82) is 0 Å². The van der Waals surface area contributed by atoms with Crippen LogP contribution in [0.1, 0.15) is 27.2 Å². The Morgan fingerprint density at radius 1 is 0.960 bits per heavy atom. The molecule has 0 spiro atoms. The Hall–Kier alpha value is -2.83. The summed E-state index contributed by atoms with van der Waals surface area (Å²) in [7, 11) is -4.26. The fourth-order valence-corrected chi connectivity index (χ4v) is 3.12. The monoisotopic (exact) mass is 353 g/mol. The molecule has 3 aromatic rings. The molecule has 0 radical (unpaired) electrons. The summed E-state index contributed by atoms with van der Waals surface area (Å²) in [5.74, 6) is -0.192. The van der Waals surface area contributed by atoms with Crippen LogP contribution in [-0.2, 0) is 16.5 Å². The summed E-state index contributed by atoms with van der Waals surface area (Å²) in [5.41, 5.74) is 2.29. The van der Waals surface area contributed by atoms with Crippen LogP contribution >= 0.6 is 0 Å². The van der Waals surface area contributed by atoms with E-state index >= 15 is 0 Å². The molecule has 1 heterocycles. The lowest BCUT2D eigenvalue weighted by atomic mass is 9.96. The molecule has 0 aliphatic heterocycles. The van der Waals surface area contributed by atoms with Crippen molar-refractivity contribution in [2.45, 2.75) is 11.3 Å². The summed E-state index contributed by atoms with van der Waals surface area (Å²) >= 11 is 0. The van der Waals surface area contributed by atoms with Crippen molar-refractivity contribution >= 4 is 15.9 Å². The predicted molar refractivity (Wildman–Crippen MR) is 93.2 cm³/mol. The summed E-state index contributed by atoms with van der Waals surface area (Å²) in [6.45, 7) is 0. The van der Waals surface area contributed by atoms with E-state index in [9.17, 15) is 17.8 Å². The van der Waals surface area contributed by atoms with Gasteiger partial charge in [0.05, 0.1) is 4.90 Å². The normalized spacial score (nSPS) is 11.2. The lowest BCUT2D eigenvalue weighted by Crippen LogP contribution is -2.08. The second-order valence-electron chi connectivity index (χ2n) is 5.50. The van der Waals surface area contributed by atoms with Crippen molar-refractivity contribution in [3.05, 3.63) is 95.3 Å². The maximum Gasteiger partial charge on any atom is 0.294 e. The third-order valence-corrected chi connectivity index (χ3v) is 4.60. The summed E-state index contributed by atoms with van der Waals surface area (Å²) < 4.78 is 31.8. The molecule has 2 aromatic carbocycles. The van der Waals surface area contributed by atoms with Gasteiger partial charge in [-0.05, 0) is 41.8 Å². The molecule has 0 atom stereocenters. The first kappa shape index (κ1) is 17.0. The first-order valence-corrected chi connectivity index (χ1v) is 8.99.